The fourth-order valence-corrected chi connectivity index (χ4v) is 2.51. The minimum absolute atomic E-state index is 0.802. The standard InChI is InChI=1S/C13H26N4/c1-3-7-15-13(14-2)16-9-11-6-8-17(10-11)12-4-5-12/h11-12H,3-10H2,1-2H3,(H2,14,15,16). The number of hydrogen-bond donors (Lipinski definition) is 2. The Labute approximate surface area is 105 Å². The van der Waals surface area contributed by atoms with Crippen LogP contribution < -0.4 is 10.6 Å². The van der Waals surface area contributed by atoms with Crippen LogP contribution in [0.15, 0.2) is 4.99 Å². The van der Waals surface area contributed by atoms with Crippen LogP contribution in [-0.2, 0) is 0 Å². The first kappa shape index (κ1) is 12.7. The molecule has 0 aromatic heterocycles. The van der Waals surface area contributed by atoms with E-state index in [-0.39, 0.29) is 0 Å². The molecule has 1 atom stereocenters. The first-order valence-electron chi connectivity index (χ1n) is 7.02. The van der Waals surface area contributed by atoms with Gasteiger partial charge in [-0.25, -0.2) is 0 Å². The molecular formula is C13H26N4. The molecule has 0 aromatic rings. The number of aliphatic imine (C=N–C) groups is 1. The molecule has 1 unspecified atom stereocenters. The quantitative estimate of drug-likeness (QED) is 0.555. The van der Waals surface area contributed by atoms with Crippen molar-refractivity contribution in [2.45, 2.75) is 38.6 Å². The molecule has 2 fully saturated rings. The van der Waals surface area contributed by atoms with Gasteiger partial charge in [0.1, 0.15) is 0 Å². The summed E-state index contributed by atoms with van der Waals surface area (Å²) >= 11 is 0. The maximum absolute atomic E-state index is 4.23. The van der Waals surface area contributed by atoms with Crippen molar-refractivity contribution in [3.05, 3.63) is 0 Å². The van der Waals surface area contributed by atoms with E-state index >= 15 is 0 Å². The van der Waals surface area contributed by atoms with E-state index in [0.29, 0.717) is 0 Å². The minimum Gasteiger partial charge on any atom is -0.356 e. The second-order valence-corrected chi connectivity index (χ2v) is 5.26. The molecule has 0 aromatic carbocycles. The molecule has 2 rings (SSSR count). The largest absolute Gasteiger partial charge is 0.356 e. The molecule has 2 N–H and O–H groups in total. The zero-order valence-electron chi connectivity index (χ0n) is 11.2. The van der Waals surface area contributed by atoms with Crippen LogP contribution in [0.2, 0.25) is 0 Å². The normalized spacial score (nSPS) is 26.2. The summed E-state index contributed by atoms with van der Waals surface area (Å²) < 4.78 is 0. The van der Waals surface area contributed by atoms with Crippen molar-refractivity contribution in [3.63, 3.8) is 0 Å². The van der Waals surface area contributed by atoms with Gasteiger partial charge in [-0.05, 0) is 38.1 Å². The number of likely N-dealkylation sites (tertiary alicyclic amines) is 1. The molecule has 1 aliphatic heterocycles. The van der Waals surface area contributed by atoms with E-state index in [1.54, 1.807) is 0 Å². The summed E-state index contributed by atoms with van der Waals surface area (Å²) in [5.74, 6) is 1.76. The van der Waals surface area contributed by atoms with Crippen LogP contribution in [0.4, 0.5) is 0 Å². The third-order valence-electron chi connectivity index (χ3n) is 3.70. The number of nitrogens with one attached hydrogen (secondary N) is 2. The predicted molar refractivity (Wildman–Crippen MR) is 72.4 cm³/mol. The summed E-state index contributed by atoms with van der Waals surface area (Å²) in [7, 11) is 1.84. The van der Waals surface area contributed by atoms with Crippen molar-refractivity contribution in [2.75, 3.05) is 33.2 Å². The van der Waals surface area contributed by atoms with Crippen LogP contribution >= 0.6 is 0 Å². The zero-order chi connectivity index (χ0) is 12.1. The van der Waals surface area contributed by atoms with Gasteiger partial charge in [-0.1, -0.05) is 6.92 Å². The molecule has 1 saturated heterocycles. The summed E-state index contributed by atoms with van der Waals surface area (Å²) in [6.45, 7) is 6.82. The van der Waals surface area contributed by atoms with E-state index in [9.17, 15) is 0 Å². The highest BCUT2D eigenvalue weighted by Crippen LogP contribution is 2.31. The van der Waals surface area contributed by atoms with Gasteiger partial charge in [0.05, 0.1) is 0 Å². The Morgan fingerprint density at radius 2 is 2.12 bits per heavy atom. The lowest BCUT2D eigenvalue weighted by molar-refractivity contribution is 0.314. The number of guanidine groups is 1. The summed E-state index contributed by atoms with van der Waals surface area (Å²) in [5, 5.41) is 6.75. The highest BCUT2D eigenvalue weighted by Gasteiger charge is 2.34. The highest BCUT2D eigenvalue weighted by atomic mass is 15.2. The molecular weight excluding hydrogens is 212 g/mol. The molecule has 1 aliphatic carbocycles. The Bertz CT molecular complexity index is 260. The van der Waals surface area contributed by atoms with Crippen molar-refractivity contribution in [2.24, 2.45) is 10.9 Å². The summed E-state index contributed by atoms with van der Waals surface area (Å²) in [6.07, 6.45) is 5.34. The average molecular weight is 238 g/mol. The number of rotatable bonds is 5. The van der Waals surface area contributed by atoms with Gasteiger partial charge < -0.3 is 15.5 Å². The van der Waals surface area contributed by atoms with Gasteiger partial charge in [0.2, 0.25) is 0 Å². The van der Waals surface area contributed by atoms with E-state index < -0.39 is 0 Å². The van der Waals surface area contributed by atoms with Crippen LogP contribution in [0.1, 0.15) is 32.6 Å². The first-order valence-corrected chi connectivity index (χ1v) is 7.02. The topological polar surface area (TPSA) is 39.7 Å². The smallest absolute Gasteiger partial charge is 0.190 e. The van der Waals surface area contributed by atoms with E-state index in [4.69, 9.17) is 0 Å². The molecule has 0 spiro atoms. The molecule has 1 heterocycles. The Morgan fingerprint density at radius 3 is 2.76 bits per heavy atom. The van der Waals surface area contributed by atoms with Gasteiger partial charge in [-0.2, -0.15) is 0 Å². The van der Waals surface area contributed by atoms with E-state index in [2.05, 4.69) is 27.4 Å². The molecule has 0 radical (unpaired) electrons. The zero-order valence-corrected chi connectivity index (χ0v) is 11.2. The van der Waals surface area contributed by atoms with E-state index in [0.717, 1.165) is 37.4 Å². The van der Waals surface area contributed by atoms with Crippen LogP contribution in [0.3, 0.4) is 0 Å². The van der Waals surface area contributed by atoms with E-state index in [1.165, 1.54) is 32.4 Å². The van der Waals surface area contributed by atoms with Crippen molar-refractivity contribution < 1.29 is 0 Å². The Kier molecular flexibility index (Phi) is 4.66. The van der Waals surface area contributed by atoms with Crippen LogP contribution in [0, 0.1) is 5.92 Å². The van der Waals surface area contributed by atoms with Crippen molar-refractivity contribution >= 4 is 5.96 Å². The second kappa shape index (κ2) is 6.24. The number of hydrogen-bond acceptors (Lipinski definition) is 2. The van der Waals surface area contributed by atoms with Crippen LogP contribution in [0.25, 0.3) is 0 Å². The fourth-order valence-electron chi connectivity index (χ4n) is 2.51. The Hall–Kier alpha value is -0.770. The minimum atomic E-state index is 0.802. The third-order valence-corrected chi connectivity index (χ3v) is 3.70. The monoisotopic (exact) mass is 238 g/mol. The molecule has 98 valence electrons. The SMILES string of the molecule is CCCNC(=NC)NCC1CCN(C2CC2)C1. The van der Waals surface area contributed by atoms with Crippen molar-refractivity contribution in [1.82, 2.24) is 15.5 Å². The third kappa shape index (κ3) is 3.87. The first-order chi connectivity index (χ1) is 8.33. The van der Waals surface area contributed by atoms with Gasteiger partial charge in [-0.15, -0.1) is 0 Å². The maximum atomic E-state index is 4.23. The molecule has 4 heteroatoms. The molecule has 0 amide bonds. The summed E-state index contributed by atoms with van der Waals surface area (Å²) in [5.41, 5.74) is 0. The summed E-state index contributed by atoms with van der Waals surface area (Å²) in [4.78, 5) is 6.90. The number of nitrogens with zero attached hydrogens (tertiary/aromatic N) is 2. The van der Waals surface area contributed by atoms with Gasteiger partial charge in [0.15, 0.2) is 5.96 Å². The van der Waals surface area contributed by atoms with Crippen molar-refractivity contribution in [1.29, 1.82) is 0 Å². The van der Waals surface area contributed by atoms with Gasteiger partial charge in [-0.3, -0.25) is 4.99 Å². The second-order valence-electron chi connectivity index (χ2n) is 5.26. The van der Waals surface area contributed by atoms with Crippen molar-refractivity contribution in [3.8, 4) is 0 Å². The lowest BCUT2D eigenvalue weighted by Gasteiger charge is -2.16. The predicted octanol–water partition coefficient (Wildman–Crippen LogP) is 1.05. The van der Waals surface area contributed by atoms with Crippen LogP contribution in [0.5, 0.6) is 0 Å². The maximum Gasteiger partial charge on any atom is 0.190 e. The molecule has 2 aliphatic rings. The lowest BCUT2D eigenvalue weighted by atomic mass is 10.1. The van der Waals surface area contributed by atoms with E-state index in [1.807, 2.05) is 7.05 Å². The van der Waals surface area contributed by atoms with Gasteiger partial charge in [0, 0.05) is 32.7 Å². The molecule has 4 nitrogen and oxygen atoms in total. The van der Waals surface area contributed by atoms with Crippen LogP contribution in [-0.4, -0.2) is 50.1 Å². The highest BCUT2D eigenvalue weighted by molar-refractivity contribution is 5.79. The average Bonchev–Trinajstić information content (AvgIpc) is 3.10. The Balaban J connectivity index is 1.64. The Morgan fingerprint density at radius 1 is 1.29 bits per heavy atom. The van der Waals surface area contributed by atoms with Gasteiger partial charge >= 0.3 is 0 Å². The molecule has 17 heavy (non-hydrogen) atoms. The molecule has 0 bridgehead atoms. The fraction of sp³-hybridized carbons (Fsp3) is 0.923. The van der Waals surface area contributed by atoms with Gasteiger partial charge in [0.25, 0.3) is 0 Å². The molecule has 1 saturated carbocycles. The summed E-state index contributed by atoms with van der Waals surface area (Å²) in [6, 6.07) is 0.928. The lowest BCUT2D eigenvalue weighted by Crippen LogP contribution is -2.40.